The first kappa shape index (κ1) is 17.7. The van der Waals surface area contributed by atoms with Gasteiger partial charge in [0, 0.05) is 11.5 Å². The number of benzene rings is 1. The Kier molecular flexibility index (Phi) is 6.51. The molecule has 1 aromatic heterocycles. The Labute approximate surface area is 144 Å². The van der Waals surface area contributed by atoms with Crippen LogP contribution >= 0.6 is 11.3 Å². The van der Waals surface area contributed by atoms with E-state index in [2.05, 4.69) is 10.3 Å². The molecule has 1 amide bonds. The molecule has 1 aromatic carbocycles. The van der Waals surface area contributed by atoms with E-state index in [1.54, 1.807) is 25.5 Å². The van der Waals surface area contributed by atoms with Crippen LogP contribution in [0.2, 0.25) is 0 Å². The van der Waals surface area contributed by atoms with Gasteiger partial charge < -0.3 is 9.47 Å². The highest BCUT2D eigenvalue weighted by atomic mass is 32.1. The van der Waals surface area contributed by atoms with Crippen LogP contribution in [0, 0.1) is 0 Å². The maximum absolute atomic E-state index is 11.9. The minimum absolute atomic E-state index is 0.0991. The molecule has 0 radical (unpaired) electrons. The number of aromatic nitrogens is 1. The van der Waals surface area contributed by atoms with Gasteiger partial charge in [0.05, 0.1) is 25.8 Å². The Morgan fingerprint density at radius 2 is 2.04 bits per heavy atom. The summed E-state index contributed by atoms with van der Waals surface area (Å²) in [4.78, 5) is 27.5. The molecule has 126 valence electrons. The summed E-state index contributed by atoms with van der Waals surface area (Å²) in [6.45, 7) is 2.09. The van der Waals surface area contributed by atoms with Crippen molar-refractivity contribution in [2.75, 3.05) is 19.0 Å². The van der Waals surface area contributed by atoms with Gasteiger partial charge >= 0.3 is 5.97 Å². The minimum atomic E-state index is -0.333. The standard InChI is InChI=1S/C17H18N2O4S/c1-3-23-16(21)10-13-11-24-17(18-13)19-15(20)9-6-12-4-7-14(22-2)8-5-12/h4-9,11H,3,10H2,1-2H3,(H,18,19,20). The predicted octanol–water partition coefficient (Wildman–Crippen LogP) is 2.91. The second-order valence-electron chi connectivity index (χ2n) is 4.72. The van der Waals surface area contributed by atoms with Crippen molar-refractivity contribution < 1.29 is 19.1 Å². The van der Waals surface area contributed by atoms with E-state index in [1.165, 1.54) is 17.4 Å². The number of methoxy groups -OCH3 is 1. The molecule has 1 heterocycles. The number of rotatable bonds is 7. The van der Waals surface area contributed by atoms with E-state index in [9.17, 15) is 9.59 Å². The van der Waals surface area contributed by atoms with E-state index in [-0.39, 0.29) is 18.3 Å². The van der Waals surface area contributed by atoms with Gasteiger partial charge in [0.25, 0.3) is 0 Å². The summed E-state index contributed by atoms with van der Waals surface area (Å²) in [7, 11) is 1.60. The highest BCUT2D eigenvalue weighted by Gasteiger charge is 2.09. The summed E-state index contributed by atoms with van der Waals surface area (Å²) in [6, 6.07) is 7.34. The maximum atomic E-state index is 11.9. The molecule has 0 aliphatic rings. The first-order valence-corrected chi connectivity index (χ1v) is 8.22. The molecule has 0 fully saturated rings. The molecular weight excluding hydrogens is 328 g/mol. The van der Waals surface area contributed by atoms with Crippen LogP contribution in [0.15, 0.2) is 35.7 Å². The van der Waals surface area contributed by atoms with Gasteiger partial charge in [-0.1, -0.05) is 12.1 Å². The fourth-order valence-corrected chi connectivity index (χ4v) is 2.55. The Bertz CT molecular complexity index is 722. The van der Waals surface area contributed by atoms with E-state index >= 15 is 0 Å². The number of ether oxygens (including phenoxy) is 2. The van der Waals surface area contributed by atoms with Crippen LogP contribution in [0.25, 0.3) is 6.08 Å². The van der Waals surface area contributed by atoms with Gasteiger partial charge in [-0.15, -0.1) is 11.3 Å². The second-order valence-corrected chi connectivity index (χ2v) is 5.58. The summed E-state index contributed by atoms with van der Waals surface area (Å²) in [5, 5.41) is 4.83. The van der Waals surface area contributed by atoms with Crippen LogP contribution in [0.1, 0.15) is 18.2 Å². The third kappa shape index (κ3) is 5.51. The van der Waals surface area contributed by atoms with Crippen LogP contribution in [-0.2, 0) is 20.7 Å². The molecule has 0 unspecified atom stereocenters. The number of carbonyl (C=O) groups excluding carboxylic acids is 2. The lowest BCUT2D eigenvalue weighted by Gasteiger charge is -1.99. The number of hydrogen-bond acceptors (Lipinski definition) is 6. The lowest BCUT2D eigenvalue weighted by molar-refractivity contribution is -0.142. The van der Waals surface area contributed by atoms with Crippen LogP contribution in [0.5, 0.6) is 5.75 Å². The summed E-state index contributed by atoms with van der Waals surface area (Å²) in [5.41, 5.74) is 1.46. The first-order valence-electron chi connectivity index (χ1n) is 7.34. The fraction of sp³-hybridized carbons (Fsp3) is 0.235. The Morgan fingerprint density at radius 3 is 2.71 bits per heavy atom. The molecule has 0 aliphatic heterocycles. The number of nitrogens with zero attached hydrogens (tertiary/aromatic N) is 1. The minimum Gasteiger partial charge on any atom is -0.497 e. The highest BCUT2D eigenvalue weighted by molar-refractivity contribution is 7.14. The van der Waals surface area contributed by atoms with E-state index in [1.807, 2.05) is 24.3 Å². The van der Waals surface area contributed by atoms with Gasteiger partial charge in [-0.2, -0.15) is 0 Å². The van der Waals surface area contributed by atoms with E-state index in [0.29, 0.717) is 17.4 Å². The molecule has 2 aromatic rings. The zero-order valence-corrected chi connectivity index (χ0v) is 14.3. The number of nitrogens with one attached hydrogen (secondary N) is 1. The van der Waals surface area contributed by atoms with Gasteiger partial charge in [0.15, 0.2) is 5.13 Å². The molecule has 24 heavy (non-hydrogen) atoms. The Balaban J connectivity index is 1.88. The number of carbonyl (C=O) groups is 2. The zero-order chi connectivity index (χ0) is 17.4. The normalized spacial score (nSPS) is 10.6. The SMILES string of the molecule is CCOC(=O)Cc1csc(NC(=O)C=Cc2ccc(OC)cc2)n1. The van der Waals surface area contributed by atoms with Crippen molar-refractivity contribution in [1.82, 2.24) is 4.98 Å². The van der Waals surface area contributed by atoms with Crippen molar-refractivity contribution in [2.24, 2.45) is 0 Å². The van der Waals surface area contributed by atoms with Crippen molar-refractivity contribution in [3.63, 3.8) is 0 Å². The average molecular weight is 346 g/mol. The quantitative estimate of drug-likeness (QED) is 0.616. The lowest BCUT2D eigenvalue weighted by atomic mass is 10.2. The summed E-state index contributed by atoms with van der Waals surface area (Å²) < 4.78 is 9.93. The molecule has 0 saturated carbocycles. The van der Waals surface area contributed by atoms with Gasteiger partial charge in [0.2, 0.25) is 5.91 Å². The van der Waals surface area contributed by atoms with E-state index < -0.39 is 0 Å². The van der Waals surface area contributed by atoms with Crippen LogP contribution in [0.4, 0.5) is 5.13 Å². The van der Waals surface area contributed by atoms with Gasteiger partial charge in [-0.3, -0.25) is 14.9 Å². The van der Waals surface area contributed by atoms with Crippen molar-refractivity contribution >= 4 is 34.4 Å². The molecular formula is C17H18N2O4S. The first-order chi connectivity index (χ1) is 11.6. The zero-order valence-electron chi connectivity index (χ0n) is 13.4. The average Bonchev–Trinajstić information content (AvgIpc) is 3.00. The molecule has 0 spiro atoms. The number of thiazole rings is 1. The topological polar surface area (TPSA) is 77.5 Å². The number of hydrogen-bond donors (Lipinski definition) is 1. The number of amides is 1. The Hall–Kier alpha value is -2.67. The highest BCUT2D eigenvalue weighted by Crippen LogP contribution is 2.16. The maximum Gasteiger partial charge on any atom is 0.311 e. The molecule has 6 nitrogen and oxygen atoms in total. The van der Waals surface area contributed by atoms with Crippen LogP contribution in [0.3, 0.4) is 0 Å². The van der Waals surface area contributed by atoms with E-state index in [4.69, 9.17) is 9.47 Å². The van der Waals surface area contributed by atoms with E-state index in [0.717, 1.165) is 11.3 Å². The van der Waals surface area contributed by atoms with Crippen molar-refractivity contribution in [1.29, 1.82) is 0 Å². The summed E-state index contributed by atoms with van der Waals surface area (Å²) >= 11 is 1.26. The summed E-state index contributed by atoms with van der Waals surface area (Å²) in [6.07, 6.45) is 3.22. The fourth-order valence-electron chi connectivity index (χ4n) is 1.84. The van der Waals surface area contributed by atoms with Crippen molar-refractivity contribution in [3.8, 4) is 5.75 Å². The molecule has 0 atom stereocenters. The molecule has 1 N–H and O–H groups in total. The van der Waals surface area contributed by atoms with Gasteiger partial charge in [0.1, 0.15) is 5.75 Å². The van der Waals surface area contributed by atoms with Crippen LogP contribution < -0.4 is 10.1 Å². The van der Waals surface area contributed by atoms with Crippen molar-refractivity contribution in [2.45, 2.75) is 13.3 Å². The third-order valence-corrected chi connectivity index (χ3v) is 3.76. The van der Waals surface area contributed by atoms with Gasteiger partial charge in [-0.25, -0.2) is 4.98 Å². The third-order valence-electron chi connectivity index (χ3n) is 2.96. The van der Waals surface area contributed by atoms with Gasteiger partial charge in [-0.05, 0) is 30.7 Å². The Morgan fingerprint density at radius 1 is 1.29 bits per heavy atom. The summed E-state index contributed by atoms with van der Waals surface area (Å²) in [5.74, 6) is 0.136. The molecule has 0 saturated heterocycles. The van der Waals surface area contributed by atoms with Crippen molar-refractivity contribution in [3.05, 3.63) is 47.0 Å². The smallest absolute Gasteiger partial charge is 0.311 e. The molecule has 7 heteroatoms. The molecule has 2 rings (SSSR count). The lowest BCUT2D eigenvalue weighted by Crippen LogP contribution is -2.09. The largest absolute Gasteiger partial charge is 0.497 e. The second kappa shape index (κ2) is 8.83. The monoisotopic (exact) mass is 346 g/mol. The molecule has 0 aliphatic carbocycles. The number of esters is 1. The molecule has 0 bridgehead atoms. The number of anilines is 1. The predicted molar refractivity (Wildman–Crippen MR) is 93.1 cm³/mol. The van der Waals surface area contributed by atoms with Crippen LogP contribution in [-0.4, -0.2) is 30.6 Å².